The topological polar surface area (TPSA) is 28.5 Å². The van der Waals surface area contributed by atoms with Gasteiger partial charge >= 0.3 is 0 Å². The Bertz CT molecular complexity index is 481. The van der Waals surface area contributed by atoms with Gasteiger partial charge in [0.05, 0.1) is 0 Å². The fourth-order valence-electron chi connectivity index (χ4n) is 2.91. The monoisotopic (exact) mass is 341 g/mol. The van der Waals surface area contributed by atoms with Gasteiger partial charge in [-0.1, -0.05) is 0 Å². The predicted molar refractivity (Wildman–Crippen MR) is 85.1 cm³/mol. The molecule has 2 heterocycles. The molecule has 1 fully saturated rings. The van der Waals surface area contributed by atoms with Crippen LogP contribution >= 0.6 is 15.9 Å². The van der Waals surface area contributed by atoms with Gasteiger partial charge in [-0.2, -0.15) is 0 Å². The molecule has 0 saturated carbocycles. The second-order valence-electron chi connectivity index (χ2n) is 6.10. The lowest BCUT2D eigenvalue weighted by molar-refractivity contribution is 0.0704. The van der Waals surface area contributed by atoms with E-state index >= 15 is 0 Å². The summed E-state index contributed by atoms with van der Waals surface area (Å²) in [6.45, 7) is 6.02. The van der Waals surface area contributed by atoms with Crippen molar-refractivity contribution in [3.05, 3.63) is 22.4 Å². The molecule has 112 valence electrons. The third kappa shape index (κ3) is 3.26. The van der Waals surface area contributed by atoms with Crippen LogP contribution in [0, 0.1) is 0 Å². The van der Waals surface area contributed by atoms with E-state index in [-0.39, 0.29) is 11.9 Å². The van der Waals surface area contributed by atoms with Gasteiger partial charge in [-0.25, -0.2) is 0 Å². The number of hydrogen-bond donors (Lipinski definition) is 0. The van der Waals surface area contributed by atoms with Gasteiger partial charge in [0.15, 0.2) is 0 Å². The lowest BCUT2D eigenvalue weighted by atomic mass is 10.2. The summed E-state index contributed by atoms with van der Waals surface area (Å²) in [5.74, 6) is 0.161. The van der Waals surface area contributed by atoms with Crippen molar-refractivity contribution in [2.24, 2.45) is 0 Å². The molecular weight excluding hydrogens is 318 g/mol. The van der Waals surface area contributed by atoms with E-state index in [9.17, 15) is 4.79 Å². The number of halogens is 1. The van der Waals surface area contributed by atoms with Crippen LogP contribution in [0.25, 0.3) is 0 Å². The number of hydrogen-bond acceptors (Lipinski definition) is 2. The molecule has 0 bridgehead atoms. The van der Waals surface area contributed by atoms with E-state index in [0.29, 0.717) is 6.04 Å². The van der Waals surface area contributed by atoms with E-state index < -0.39 is 0 Å². The van der Waals surface area contributed by atoms with Crippen LogP contribution in [0.5, 0.6) is 0 Å². The number of carbonyl (C=O) groups excluding carboxylic acids is 1. The molecule has 4 nitrogen and oxygen atoms in total. The molecule has 1 unspecified atom stereocenters. The zero-order valence-corrected chi connectivity index (χ0v) is 14.4. The second-order valence-corrected chi connectivity index (χ2v) is 7.02. The molecule has 0 spiro atoms. The van der Waals surface area contributed by atoms with Gasteiger partial charge in [0.2, 0.25) is 0 Å². The first-order valence-electron chi connectivity index (χ1n) is 7.23. The molecule has 1 atom stereocenters. The summed E-state index contributed by atoms with van der Waals surface area (Å²) in [7, 11) is 4.13. The second kappa shape index (κ2) is 6.31. The highest BCUT2D eigenvalue weighted by atomic mass is 79.9. The largest absolute Gasteiger partial charge is 0.340 e. The molecule has 1 saturated heterocycles. The van der Waals surface area contributed by atoms with Crippen LogP contribution in [0.2, 0.25) is 0 Å². The first-order valence-corrected chi connectivity index (χ1v) is 8.02. The number of amides is 1. The van der Waals surface area contributed by atoms with Gasteiger partial charge in [-0.15, -0.1) is 0 Å². The van der Waals surface area contributed by atoms with Crippen LogP contribution in [-0.4, -0.2) is 53.5 Å². The Kier molecular flexibility index (Phi) is 4.91. The number of nitrogens with zero attached hydrogens (tertiary/aromatic N) is 3. The Morgan fingerprint density at radius 3 is 2.80 bits per heavy atom. The normalized spacial score (nSPS) is 19.4. The predicted octanol–water partition coefficient (Wildman–Crippen LogP) is 3.00. The summed E-state index contributed by atoms with van der Waals surface area (Å²) < 4.78 is 3.02. The Morgan fingerprint density at radius 1 is 1.50 bits per heavy atom. The molecule has 0 aliphatic carbocycles. The van der Waals surface area contributed by atoms with Crippen LogP contribution in [0.1, 0.15) is 43.2 Å². The molecule has 0 aromatic carbocycles. The van der Waals surface area contributed by atoms with Crippen molar-refractivity contribution in [3.8, 4) is 0 Å². The summed E-state index contributed by atoms with van der Waals surface area (Å²) >= 11 is 3.48. The lowest BCUT2D eigenvalue weighted by Crippen LogP contribution is -2.42. The van der Waals surface area contributed by atoms with Crippen LogP contribution in [-0.2, 0) is 0 Å². The molecule has 5 heteroatoms. The minimum atomic E-state index is 0.161. The Balaban J connectivity index is 2.22. The molecule has 0 radical (unpaired) electrons. The Labute approximate surface area is 129 Å². The third-order valence-electron chi connectivity index (χ3n) is 3.80. The minimum absolute atomic E-state index is 0.161. The SMILES string of the molecule is CC(C)n1cc(Br)cc1C(=O)N1CCCC1CN(C)C. The fourth-order valence-corrected chi connectivity index (χ4v) is 3.34. The molecule has 1 aromatic heterocycles. The maximum Gasteiger partial charge on any atom is 0.270 e. The van der Waals surface area contributed by atoms with Crippen LogP contribution in [0.4, 0.5) is 0 Å². The van der Waals surface area contributed by atoms with E-state index in [1.807, 2.05) is 17.2 Å². The standard InChI is InChI=1S/C15H24BrN3O/c1-11(2)19-9-12(16)8-14(19)15(20)18-7-5-6-13(18)10-17(3)4/h8-9,11,13H,5-7,10H2,1-4H3. The van der Waals surface area contributed by atoms with Crippen molar-refractivity contribution in [1.82, 2.24) is 14.4 Å². The van der Waals surface area contributed by atoms with Gasteiger partial charge in [0.25, 0.3) is 5.91 Å². The minimum Gasteiger partial charge on any atom is -0.340 e. The van der Waals surface area contributed by atoms with Gasteiger partial charge in [-0.05, 0) is 62.8 Å². The van der Waals surface area contributed by atoms with Crippen LogP contribution in [0.15, 0.2) is 16.7 Å². The summed E-state index contributed by atoms with van der Waals surface area (Å²) in [6.07, 6.45) is 4.20. The van der Waals surface area contributed by atoms with E-state index in [0.717, 1.165) is 36.1 Å². The summed E-state index contributed by atoms with van der Waals surface area (Å²) in [4.78, 5) is 17.0. The maximum atomic E-state index is 12.8. The van der Waals surface area contributed by atoms with E-state index in [4.69, 9.17) is 0 Å². The average Bonchev–Trinajstić information content (AvgIpc) is 2.94. The zero-order chi connectivity index (χ0) is 14.9. The molecule has 20 heavy (non-hydrogen) atoms. The zero-order valence-electron chi connectivity index (χ0n) is 12.8. The number of likely N-dealkylation sites (N-methyl/N-ethyl adjacent to an activating group) is 1. The highest BCUT2D eigenvalue weighted by molar-refractivity contribution is 9.10. The van der Waals surface area contributed by atoms with Crippen LogP contribution < -0.4 is 0 Å². The van der Waals surface area contributed by atoms with Crippen molar-refractivity contribution in [3.63, 3.8) is 0 Å². The molecule has 0 N–H and O–H groups in total. The Morgan fingerprint density at radius 2 is 2.20 bits per heavy atom. The van der Waals surface area contributed by atoms with E-state index in [1.165, 1.54) is 0 Å². The summed E-state index contributed by atoms with van der Waals surface area (Å²) in [6, 6.07) is 2.56. The average molecular weight is 342 g/mol. The van der Waals surface area contributed by atoms with Crippen molar-refractivity contribution in [2.75, 3.05) is 27.2 Å². The molecule has 2 rings (SSSR count). The summed E-state index contributed by atoms with van der Waals surface area (Å²) in [5, 5.41) is 0. The number of aromatic nitrogens is 1. The molecule has 1 aliphatic rings. The van der Waals surface area contributed by atoms with Crippen molar-refractivity contribution < 1.29 is 4.79 Å². The quantitative estimate of drug-likeness (QED) is 0.842. The van der Waals surface area contributed by atoms with Crippen LogP contribution in [0.3, 0.4) is 0 Å². The summed E-state index contributed by atoms with van der Waals surface area (Å²) in [5.41, 5.74) is 0.789. The molecule has 1 aliphatic heterocycles. The molecule has 1 aromatic rings. The van der Waals surface area contributed by atoms with Gasteiger partial charge in [0, 0.05) is 35.8 Å². The number of carbonyl (C=O) groups is 1. The highest BCUT2D eigenvalue weighted by Gasteiger charge is 2.31. The fraction of sp³-hybridized carbons (Fsp3) is 0.667. The van der Waals surface area contributed by atoms with Gasteiger partial charge in [0.1, 0.15) is 5.69 Å². The third-order valence-corrected chi connectivity index (χ3v) is 4.24. The number of likely N-dealkylation sites (tertiary alicyclic amines) is 1. The van der Waals surface area contributed by atoms with Crippen molar-refractivity contribution in [1.29, 1.82) is 0 Å². The van der Waals surface area contributed by atoms with Crippen molar-refractivity contribution in [2.45, 2.75) is 38.8 Å². The smallest absolute Gasteiger partial charge is 0.270 e. The van der Waals surface area contributed by atoms with E-state index in [2.05, 4.69) is 53.3 Å². The lowest BCUT2D eigenvalue weighted by Gasteiger charge is -2.28. The highest BCUT2D eigenvalue weighted by Crippen LogP contribution is 2.25. The van der Waals surface area contributed by atoms with Gasteiger partial charge < -0.3 is 14.4 Å². The van der Waals surface area contributed by atoms with Gasteiger partial charge in [-0.3, -0.25) is 4.79 Å². The van der Waals surface area contributed by atoms with Crippen molar-refractivity contribution >= 4 is 21.8 Å². The number of rotatable bonds is 4. The molecular formula is C15H24BrN3O. The molecule has 1 amide bonds. The Hall–Kier alpha value is -0.810. The first-order chi connectivity index (χ1) is 9.40. The maximum absolute atomic E-state index is 12.8. The first kappa shape index (κ1) is 15.6. The van der Waals surface area contributed by atoms with E-state index in [1.54, 1.807) is 0 Å².